The van der Waals surface area contributed by atoms with E-state index in [1.54, 1.807) is 28.9 Å². The maximum Gasteiger partial charge on any atom is 0.407 e. The summed E-state index contributed by atoms with van der Waals surface area (Å²) >= 11 is 0. The Morgan fingerprint density at radius 3 is 2.62 bits per heavy atom. The van der Waals surface area contributed by atoms with Crippen molar-refractivity contribution in [1.29, 1.82) is 0 Å². The molecule has 1 fully saturated rings. The second kappa shape index (κ2) is 9.78. The first-order chi connectivity index (χ1) is 17.8. The molecular weight excluding hydrogens is 483 g/mol. The minimum Gasteiger partial charge on any atom is -0.465 e. The van der Waals surface area contributed by atoms with Gasteiger partial charge in [0.05, 0.1) is 24.2 Å². The van der Waals surface area contributed by atoms with E-state index in [0.29, 0.717) is 45.9 Å². The number of nitrogens with two attached hydrogens (primary N) is 1. The fraction of sp³-hybridized carbons (Fsp3) is 0.250. The first kappa shape index (κ1) is 24.1. The fourth-order valence-corrected chi connectivity index (χ4v) is 4.43. The number of carbonyl (C=O) groups excluding carboxylic acids is 1. The summed E-state index contributed by atoms with van der Waals surface area (Å²) in [5.41, 5.74) is 8.49. The molecule has 4 N–H and O–H groups in total. The van der Waals surface area contributed by atoms with Gasteiger partial charge < -0.3 is 15.7 Å². The smallest absolute Gasteiger partial charge is 0.407 e. The minimum atomic E-state index is -0.974. The highest BCUT2D eigenvalue weighted by Gasteiger charge is 2.28. The van der Waals surface area contributed by atoms with Crippen LogP contribution >= 0.6 is 0 Å². The Balaban J connectivity index is 1.41. The number of fused-ring (bicyclic) bond motifs is 1. The number of halogens is 1. The number of pyridine rings is 1. The van der Waals surface area contributed by atoms with E-state index in [0.717, 1.165) is 18.7 Å². The first-order valence-electron chi connectivity index (χ1n) is 11.5. The van der Waals surface area contributed by atoms with Crippen molar-refractivity contribution in [2.45, 2.75) is 25.4 Å². The van der Waals surface area contributed by atoms with Crippen LogP contribution in [0, 0.1) is 5.82 Å². The lowest BCUT2D eigenvalue weighted by Crippen LogP contribution is -2.40. The summed E-state index contributed by atoms with van der Waals surface area (Å²) in [7, 11) is 0. The van der Waals surface area contributed by atoms with Crippen molar-refractivity contribution in [2.24, 2.45) is 0 Å². The summed E-state index contributed by atoms with van der Waals surface area (Å²) in [4.78, 5) is 37.4. The van der Waals surface area contributed by atoms with Crippen LogP contribution in [0.4, 0.5) is 15.0 Å². The summed E-state index contributed by atoms with van der Waals surface area (Å²) in [5, 5.41) is 25.5. The van der Waals surface area contributed by atoms with Crippen LogP contribution in [-0.2, 0) is 6.54 Å². The van der Waals surface area contributed by atoms with Crippen molar-refractivity contribution in [1.82, 2.24) is 34.7 Å². The number of anilines is 1. The van der Waals surface area contributed by atoms with Crippen molar-refractivity contribution in [3.8, 4) is 11.3 Å². The number of rotatable bonds is 5. The number of likely N-dealkylation sites (tertiary alicyclic amines) is 1. The summed E-state index contributed by atoms with van der Waals surface area (Å²) in [6.07, 6.45) is 2.72. The largest absolute Gasteiger partial charge is 0.465 e. The van der Waals surface area contributed by atoms with Crippen LogP contribution in [-0.4, -0.2) is 70.1 Å². The van der Waals surface area contributed by atoms with E-state index in [-0.39, 0.29) is 30.6 Å². The third kappa shape index (κ3) is 4.76. The molecule has 0 radical (unpaired) electrons. The predicted molar refractivity (Wildman–Crippen MR) is 129 cm³/mol. The molecule has 0 aliphatic carbocycles. The van der Waals surface area contributed by atoms with Crippen molar-refractivity contribution in [2.75, 3.05) is 18.8 Å². The molecule has 190 valence electrons. The molecule has 1 saturated heterocycles. The van der Waals surface area contributed by atoms with E-state index >= 15 is 0 Å². The SMILES string of the molecule is Nc1ncnc2c1c(-c1ccc(CN(O)C(=O)c3ccc(F)cn3)cc1)nn2[C@@H]1CCCN(C(=O)O)C1. The molecule has 0 bridgehead atoms. The lowest BCUT2D eigenvalue weighted by atomic mass is 10.1. The van der Waals surface area contributed by atoms with Crippen LogP contribution in [0.2, 0.25) is 0 Å². The van der Waals surface area contributed by atoms with Gasteiger partial charge in [0.15, 0.2) is 5.65 Å². The van der Waals surface area contributed by atoms with Gasteiger partial charge >= 0.3 is 6.09 Å². The molecule has 3 aromatic heterocycles. The van der Waals surface area contributed by atoms with Crippen LogP contribution in [0.3, 0.4) is 0 Å². The molecule has 37 heavy (non-hydrogen) atoms. The first-order valence-corrected chi connectivity index (χ1v) is 11.5. The van der Waals surface area contributed by atoms with Gasteiger partial charge in [-0.3, -0.25) is 10.0 Å². The Morgan fingerprint density at radius 2 is 1.92 bits per heavy atom. The van der Waals surface area contributed by atoms with Crippen LogP contribution < -0.4 is 5.73 Å². The van der Waals surface area contributed by atoms with Gasteiger partial charge in [0.2, 0.25) is 0 Å². The van der Waals surface area contributed by atoms with Crippen LogP contribution in [0.25, 0.3) is 22.3 Å². The number of piperidine rings is 1. The molecule has 5 rings (SSSR count). The zero-order valence-electron chi connectivity index (χ0n) is 19.5. The molecule has 13 heteroatoms. The number of hydrogen-bond acceptors (Lipinski definition) is 8. The highest BCUT2D eigenvalue weighted by atomic mass is 19.1. The molecule has 2 amide bonds. The molecule has 1 aliphatic heterocycles. The Labute approximate surface area is 209 Å². The van der Waals surface area contributed by atoms with Crippen molar-refractivity contribution >= 4 is 28.9 Å². The molecule has 0 spiro atoms. The number of aromatic nitrogens is 5. The maximum atomic E-state index is 13.1. The highest BCUT2D eigenvalue weighted by Crippen LogP contribution is 2.34. The van der Waals surface area contributed by atoms with Gasteiger partial charge in [-0.25, -0.2) is 33.9 Å². The Morgan fingerprint density at radius 1 is 1.14 bits per heavy atom. The molecule has 12 nitrogen and oxygen atoms in total. The number of hydrogen-bond donors (Lipinski definition) is 3. The van der Waals surface area contributed by atoms with E-state index in [4.69, 9.17) is 10.8 Å². The van der Waals surface area contributed by atoms with Crippen LogP contribution in [0.1, 0.15) is 34.9 Å². The summed E-state index contributed by atoms with van der Waals surface area (Å²) < 4.78 is 14.8. The van der Waals surface area contributed by atoms with Gasteiger partial charge in [-0.2, -0.15) is 5.10 Å². The summed E-state index contributed by atoms with van der Waals surface area (Å²) in [5.74, 6) is -1.10. The predicted octanol–water partition coefficient (Wildman–Crippen LogP) is 2.96. The number of amides is 2. The summed E-state index contributed by atoms with van der Waals surface area (Å²) in [6.45, 7) is 0.640. The lowest BCUT2D eigenvalue weighted by Gasteiger charge is -2.30. The average molecular weight is 506 g/mol. The van der Waals surface area contributed by atoms with E-state index < -0.39 is 17.8 Å². The molecule has 4 heterocycles. The van der Waals surface area contributed by atoms with Crippen molar-refractivity contribution < 1.29 is 24.3 Å². The normalized spacial score (nSPS) is 15.6. The second-order valence-corrected chi connectivity index (χ2v) is 8.70. The lowest BCUT2D eigenvalue weighted by molar-refractivity contribution is -0.0652. The van der Waals surface area contributed by atoms with Crippen LogP contribution in [0.15, 0.2) is 48.9 Å². The molecule has 1 atom stereocenters. The third-order valence-electron chi connectivity index (χ3n) is 6.27. The van der Waals surface area contributed by atoms with E-state index in [1.165, 1.54) is 17.3 Å². The van der Waals surface area contributed by atoms with E-state index in [1.807, 2.05) is 0 Å². The molecule has 0 unspecified atom stereocenters. The zero-order valence-corrected chi connectivity index (χ0v) is 19.5. The van der Waals surface area contributed by atoms with Crippen molar-refractivity contribution in [3.63, 3.8) is 0 Å². The maximum absolute atomic E-state index is 13.1. The number of nitrogens with zero attached hydrogens (tertiary/aromatic N) is 7. The van der Waals surface area contributed by atoms with Gasteiger partial charge in [0.1, 0.15) is 29.4 Å². The minimum absolute atomic E-state index is 0.0859. The fourth-order valence-electron chi connectivity index (χ4n) is 4.43. The second-order valence-electron chi connectivity index (χ2n) is 8.70. The number of carboxylic acid groups (broad SMARTS) is 1. The topological polar surface area (TPSA) is 164 Å². The number of nitrogen functional groups attached to an aromatic ring is 1. The van der Waals surface area contributed by atoms with E-state index in [9.17, 15) is 24.3 Å². The highest BCUT2D eigenvalue weighted by molar-refractivity contribution is 5.98. The summed E-state index contributed by atoms with van der Waals surface area (Å²) in [6, 6.07) is 9.07. The van der Waals surface area contributed by atoms with Crippen molar-refractivity contribution in [3.05, 3.63) is 66.0 Å². The third-order valence-corrected chi connectivity index (χ3v) is 6.27. The average Bonchev–Trinajstić information content (AvgIpc) is 3.30. The molecule has 1 aliphatic rings. The number of hydroxylamine groups is 2. The van der Waals surface area contributed by atoms with Gasteiger partial charge in [-0.1, -0.05) is 24.3 Å². The number of carbonyl (C=O) groups is 2. The quantitative estimate of drug-likeness (QED) is 0.273. The van der Waals surface area contributed by atoms with Crippen LogP contribution in [0.5, 0.6) is 0 Å². The Kier molecular flexibility index (Phi) is 6.36. The van der Waals surface area contributed by atoms with E-state index in [2.05, 4.69) is 15.0 Å². The molecule has 0 saturated carbocycles. The zero-order chi connectivity index (χ0) is 26.1. The monoisotopic (exact) mass is 506 g/mol. The molecular formula is C24H23FN8O4. The Bertz CT molecular complexity index is 1460. The van der Waals surface area contributed by atoms with Gasteiger partial charge in [0.25, 0.3) is 5.91 Å². The van der Waals surface area contributed by atoms with Gasteiger partial charge in [-0.15, -0.1) is 0 Å². The molecule has 1 aromatic carbocycles. The van der Waals surface area contributed by atoms with Gasteiger partial charge in [-0.05, 0) is 30.5 Å². The number of benzene rings is 1. The molecule has 4 aromatic rings. The standard InChI is InChI=1S/C24H23FN8O4/c25-16-7-8-18(27-10-16)23(34)32(37)11-14-3-5-15(6-4-14)20-19-21(26)28-13-29-22(19)33(30-20)17-2-1-9-31(12-17)24(35)36/h3-8,10,13,17,37H,1-2,9,11-12H2,(H,35,36)(H2,26,28,29)/t17-/m1/s1. The van der Waals surface area contributed by atoms with Gasteiger partial charge in [0, 0.05) is 18.7 Å². The Hall–Kier alpha value is -4.65.